The molecule has 0 saturated carbocycles. The van der Waals surface area contributed by atoms with E-state index >= 15 is 0 Å². The molecule has 0 fully saturated rings. The van der Waals surface area contributed by atoms with E-state index in [0.29, 0.717) is 0 Å². The number of nitrogens with zero attached hydrogens (tertiary/aromatic N) is 1. The second kappa shape index (κ2) is 4.14. The third-order valence-electron chi connectivity index (χ3n) is 1.09. The van der Waals surface area contributed by atoms with Gasteiger partial charge in [0.25, 0.3) is 0 Å². The molecule has 5 heteroatoms. The number of carbonyl (C=O) groups is 1. The Bertz CT molecular complexity index is 148. The zero-order chi connectivity index (χ0) is 9.07. The second-order valence-corrected chi connectivity index (χ2v) is 3.67. The van der Waals surface area contributed by atoms with E-state index in [1.54, 1.807) is 13.8 Å². The molecule has 0 N–H and O–H groups in total. The lowest BCUT2D eigenvalue weighted by Crippen LogP contribution is -2.37. The molecule has 0 radical (unpaired) electrons. The first-order valence-corrected chi connectivity index (χ1v) is 3.79. The van der Waals surface area contributed by atoms with Gasteiger partial charge in [-0.05, 0) is 37.4 Å². The van der Waals surface area contributed by atoms with Gasteiger partial charge >= 0.3 is 5.97 Å². The minimum Gasteiger partial charge on any atom is -0.464 e. The Kier molecular flexibility index (Phi) is 4.14. The highest BCUT2D eigenvalue weighted by Gasteiger charge is 2.25. The van der Waals surface area contributed by atoms with Crippen molar-refractivity contribution in [3.63, 3.8) is 0 Å². The number of ether oxygens (including phenoxy) is 1. The molecule has 0 bridgehead atoms. The van der Waals surface area contributed by atoms with E-state index in [2.05, 4.69) is 0 Å². The quantitative estimate of drug-likeness (QED) is 0.515. The van der Waals surface area contributed by atoms with Gasteiger partial charge in [-0.1, -0.05) is 0 Å². The van der Waals surface area contributed by atoms with Gasteiger partial charge in [0.15, 0.2) is 0 Å². The highest BCUT2D eigenvalue weighted by Crippen LogP contribution is 2.19. The zero-order valence-corrected chi connectivity index (χ0v) is 8.24. The van der Waals surface area contributed by atoms with Gasteiger partial charge in [0.05, 0.1) is 5.54 Å². The normalized spacial score (nSPS) is 11.8. The molecule has 66 valence electrons. The standard InChI is InChI=1S/C6H11Cl2NO2/c1-5(10)11-4-6(2,3)9(7)8/h4H2,1-3H3. The van der Waals surface area contributed by atoms with E-state index in [1.165, 1.54) is 6.92 Å². The maximum absolute atomic E-state index is 10.4. The summed E-state index contributed by atoms with van der Waals surface area (Å²) in [5.74, 6) is -0.340. The highest BCUT2D eigenvalue weighted by atomic mass is 35.5. The van der Waals surface area contributed by atoms with Gasteiger partial charge in [-0.2, -0.15) is 0 Å². The van der Waals surface area contributed by atoms with Crippen molar-refractivity contribution in [1.82, 2.24) is 3.94 Å². The van der Waals surface area contributed by atoms with Crippen LogP contribution < -0.4 is 0 Å². The summed E-state index contributed by atoms with van der Waals surface area (Å²) in [5.41, 5.74) is -0.547. The molecule has 0 aliphatic heterocycles. The Balaban J connectivity index is 3.82. The Hall–Kier alpha value is 0.01000. The number of halogens is 2. The smallest absolute Gasteiger partial charge is 0.302 e. The van der Waals surface area contributed by atoms with Crippen molar-refractivity contribution in [3.8, 4) is 0 Å². The zero-order valence-electron chi connectivity index (χ0n) is 6.73. The van der Waals surface area contributed by atoms with Crippen molar-refractivity contribution in [2.75, 3.05) is 6.61 Å². The monoisotopic (exact) mass is 199 g/mol. The van der Waals surface area contributed by atoms with Crippen molar-refractivity contribution < 1.29 is 9.53 Å². The number of hydrogen-bond donors (Lipinski definition) is 0. The van der Waals surface area contributed by atoms with E-state index in [0.717, 1.165) is 3.94 Å². The predicted octanol–water partition coefficient (Wildman–Crippen LogP) is 1.94. The van der Waals surface area contributed by atoms with Crippen molar-refractivity contribution in [3.05, 3.63) is 0 Å². The lowest BCUT2D eigenvalue weighted by molar-refractivity contribution is -0.143. The maximum Gasteiger partial charge on any atom is 0.302 e. The topological polar surface area (TPSA) is 29.5 Å². The molecular formula is C6H11Cl2NO2. The van der Waals surface area contributed by atoms with Crippen LogP contribution in [-0.4, -0.2) is 22.1 Å². The number of carbonyl (C=O) groups excluding carboxylic acids is 1. The van der Waals surface area contributed by atoms with E-state index in [-0.39, 0.29) is 12.6 Å². The second-order valence-electron chi connectivity index (χ2n) is 2.83. The van der Waals surface area contributed by atoms with Crippen LogP contribution in [0.1, 0.15) is 20.8 Å². The third kappa shape index (κ3) is 4.45. The summed E-state index contributed by atoms with van der Waals surface area (Å²) in [5, 5.41) is 0. The van der Waals surface area contributed by atoms with Crippen LogP contribution in [0.3, 0.4) is 0 Å². The maximum atomic E-state index is 10.4. The fourth-order valence-corrected chi connectivity index (χ4v) is 0.425. The summed E-state index contributed by atoms with van der Waals surface area (Å²) in [6, 6.07) is 0. The van der Waals surface area contributed by atoms with Crippen molar-refractivity contribution in [1.29, 1.82) is 0 Å². The van der Waals surface area contributed by atoms with Crippen LogP contribution in [0.2, 0.25) is 0 Å². The van der Waals surface area contributed by atoms with Crippen LogP contribution in [-0.2, 0) is 9.53 Å². The Morgan fingerprint density at radius 3 is 2.27 bits per heavy atom. The van der Waals surface area contributed by atoms with Crippen LogP contribution in [0.4, 0.5) is 0 Å². The SMILES string of the molecule is CC(=O)OCC(C)(C)N(Cl)Cl. The predicted molar refractivity (Wildman–Crippen MR) is 44.3 cm³/mol. The van der Waals surface area contributed by atoms with Crippen LogP contribution >= 0.6 is 23.6 Å². The molecule has 0 aromatic heterocycles. The van der Waals surface area contributed by atoms with E-state index < -0.39 is 5.54 Å². The molecule has 3 nitrogen and oxygen atoms in total. The average molecular weight is 200 g/mol. The lowest BCUT2D eigenvalue weighted by Gasteiger charge is -2.26. The van der Waals surface area contributed by atoms with Crippen molar-refractivity contribution in [2.45, 2.75) is 26.3 Å². The molecule has 0 aliphatic rings. The van der Waals surface area contributed by atoms with Gasteiger partial charge in [0.2, 0.25) is 0 Å². The van der Waals surface area contributed by atoms with Gasteiger partial charge < -0.3 is 4.74 Å². The number of esters is 1. The van der Waals surface area contributed by atoms with E-state index in [9.17, 15) is 4.79 Å². The molecule has 0 aromatic carbocycles. The van der Waals surface area contributed by atoms with Gasteiger partial charge in [-0.3, -0.25) is 4.79 Å². The van der Waals surface area contributed by atoms with Gasteiger partial charge in [0, 0.05) is 6.92 Å². The first-order chi connectivity index (χ1) is 4.86. The first-order valence-electron chi connectivity index (χ1n) is 3.11. The highest BCUT2D eigenvalue weighted by molar-refractivity contribution is 6.34. The fraction of sp³-hybridized carbons (Fsp3) is 0.833. The summed E-state index contributed by atoms with van der Waals surface area (Å²) < 4.78 is 5.69. The van der Waals surface area contributed by atoms with E-state index in [1.807, 2.05) is 0 Å². The van der Waals surface area contributed by atoms with Crippen LogP contribution in [0.5, 0.6) is 0 Å². The molecule has 0 unspecified atom stereocenters. The van der Waals surface area contributed by atoms with Crippen LogP contribution in [0.15, 0.2) is 0 Å². The number of hydrogen-bond acceptors (Lipinski definition) is 3. The molecule has 0 rings (SSSR count). The summed E-state index contributed by atoms with van der Waals surface area (Å²) in [4.78, 5) is 10.4. The van der Waals surface area contributed by atoms with Gasteiger partial charge in [-0.15, -0.1) is 3.94 Å². The Morgan fingerprint density at radius 1 is 1.55 bits per heavy atom. The average Bonchev–Trinajstić information content (AvgIpc) is 1.84. The number of rotatable bonds is 3. The van der Waals surface area contributed by atoms with Crippen LogP contribution in [0, 0.1) is 0 Å². The summed E-state index contributed by atoms with van der Waals surface area (Å²) >= 11 is 10.9. The van der Waals surface area contributed by atoms with Gasteiger partial charge in [0.1, 0.15) is 6.61 Å². The molecule has 0 heterocycles. The molecule has 0 spiro atoms. The fourth-order valence-electron chi connectivity index (χ4n) is 0.327. The lowest BCUT2D eigenvalue weighted by atomic mass is 10.1. The Labute approximate surface area is 76.4 Å². The summed E-state index contributed by atoms with van der Waals surface area (Å²) in [7, 11) is 0. The largest absolute Gasteiger partial charge is 0.464 e. The molecular weight excluding hydrogens is 189 g/mol. The molecule has 0 saturated heterocycles. The summed E-state index contributed by atoms with van der Waals surface area (Å²) in [6.07, 6.45) is 0. The van der Waals surface area contributed by atoms with Gasteiger partial charge in [-0.25, -0.2) is 0 Å². The van der Waals surface area contributed by atoms with Crippen molar-refractivity contribution >= 4 is 29.5 Å². The molecule has 0 aliphatic carbocycles. The molecule has 11 heavy (non-hydrogen) atoms. The first kappa shape index (κ1) is 11.0. The minimum absolute atomic E-state index is 0.176. The molecule has 0 atom stereocenters. The van der Waals surface area contributed by atoms with Crippen molar-refractivity contribution in [2.24, 2.45) is 0 Å². The third-order valence-corrected chi connectivity index (χ3v) is 2.00. The van der Waals surface area contributed by atoms with Crippen LogP contribution in [0.25, 0.3) is 0 Å². The summed E-state index contributed by atoms with van der Waals surface area (Å²) in [6.45, 7) is 5.03. The molecule has 0 amide bonds. The Morgan fingerprint density at radius 2 is 2.00 bits per heavy atom. The minimum atomic E-state index is -0.547. The van der Waals surface area contributed by atoms with E-state index in [4.69, 9.17) is 28.3 Å². The molecule has 0 aromatic rings.